The van der Waals surface area contributed by atoms with Gasteiger partial charge < -0.3 is 0 Å². The predicted octanol–water partition coefficient (Wildman–Crippen LogP) is 15.3. The number of nitrogens with zero attached hydrogens (tertiary/aromatic N) is 2. The Morgan fingerprint density at radius 1 is 0.347 bits per heavy atom. The molecule has 0 atom stereocenters. The lowest BCUT2D eigenvalue weighted by Gasteiger charge is -2.29. The SMILES string of the molecule is C.CC.CC.CC.CC(C)(C)c1ccccc1C(C)(C)C.CC(C)(C)c1cccnc1C(C)(C)C.CC(C)(C)c1ccncc1C(C)(C)C. The Morgan fingerprint density at radius 3 is 0.918 bits per heavy atom. The number of aromatic nitrogens is 2. The maximum atomic E-state index is 4.52. The molecule has 2 nitrogen and oxygen atoms in total. The van der Waals surface area contributed by atoms with Crippen LogP contribution in [0.1, 0.15) is 207 Å². The van der Waals surface area contributed by atoms with E-state index in [0.29, 0.717) is 0 Å². The third-order valence-electron chi connectivity index (χ3n) is 7.31. The first-order chi connectivity index (χ1) is 21.7. The fourth-order valence-corrected chi connectivity index (χ4v) is 5.05. The summed E-state index contributed by atoms with van der Waals surface area (Å²) in [7, 11) is 0. The molecule has 3 rings (SSSR count). The third kappa shape index (κ3) is 19.5. The van der Waals surface area contributed by atoms with Crippen LogP contribution in [-0.2, 0) is 32.5 Å². The van der Waals surface area contributed by atoms with Crippen molar-refractivity contribution < 1.29 is 0 Å². The van der Waals surface area contributed by atoms with Crippen molar-refractivity contribution in [3.8, 4) is 0 Å². The van der Waals surface area contributed by atoms with E-state index in [1.807, 2.05) is 66.2 Å². The quantitative estimate of drug-likeness (QED) is 0.236. The number of hydrogen-bond acceptors (Lipinski definition) is 2. The van der Waals surface area contributed by atoms with Crippen LogP contribution in [0, 0.1) is 0 Å². The zero-order valence-corrected chi connectivity index (χ0v) is 36.7. The molecule has 0 saturated heterocycles. The summed E-state index contributed by atoms with van der Waals surface area (Å²) < 4.78 is 0. The maximum Gasteiger partial charge on any atom is 0.0494 e. The molecule has 49 heavy (non-hydrogen) atoms. The van der Waals surface area contributed by atoms with Crippen molar-refractivity contribution >= 4 is 0 Å². The predicted molar refractivity (Wildman–Crippen MR) is 228 cm³/mol. The molecule has 0 bridgehead atoms. The molecule has 0 aliphatic heterocycles. The van der Waals surface area contributed by atoms with Gasteiger partial charge in [0.1, 0.15) is 0 Å². The second-order valence-electron chi connectivity index (χ2n) is 17.9. The van der Waals surface area contributed by atoms with Gasteiger partial charge in [0.15, 0.2) is 0 Å². The topological polar surface area (TPSA) is 25.8 Å². The highest BCUT2D eigenvalue weighted by Gasteiger charge is 2.27. The first-order valence-corrected chi connectivity index (χ1v) is 18.7. The van der Waals surface area contributed by atoms with Crippen molar-refractivity contribution in [3.05, 3.63) is 94.6 Å². The van der Waals surface area contributed by atoms with Gasteiger partial charge in [0.25, 0.3) is 0 Å². The summed E-state index contributed by atoms with van der Waals surface area (Å²) in [6.45, 7) is 52.4. The Balaban J connectivity index is -0.000000284. The Morgan fingerprint density at radius 2 is 0.653 bits per heavy atom. The van der Waals surface area contributed by atoms with E-state index in [9.17, 15) is 0 Å². The van der Waals surface area contributed by atoms with Crippen LogP contribution in [0.4, 0.5) is 0 Å². The van der Waals surface area contributed by atoms with Crippen molar-refractivity contribution in [1.82, 2.24) is 9.97 Å². The second kappa shape index (κ2) is 22.4. The van der Waals surface area contributed by atoms with Gasteiger partial charge in [0, 0.05) is 29.7 Å². The lowest BCUT2D eigenvalue weighted by atomic mass is 9.75. The molecule has 0 spiro atoms. The summed E-state index contributed by atoms with van der Waals surface area (Å²) in [5.41, 5.74) is 9.42. The van der Waals surface area contributed by atoms with E-state index in [0.717, 1.165) is 0 Å². The van der Waals surface area contributed by atoms with Crippen LogP contribution < -0.4 is 0 Å². The van der Waals surface area contributed by atoms with Gasteiger partial charge in [-0.3, -0.25) is 9.97 Å². The molecule has 2 heterocycles. The monoisotopic (exact) mass is 679 g/mol. The Bertz CT molecular complexity index is 996. The van der Waals surface area contributed by atoms with E-state index < -0.39 is 0 Å². The van der Waals surface area contributed by atoms with Crippen molar-refractivity contribution in [2.24, 2.45) is 0 Å². The van der Waals surface area contributed by atoms with E-state index in [1.54, 1.807) is 0 Å². The molecule has 1 aromatic carbocycles. The zero-order chi connectivity index (χ0) is 38.9. The molecule has 0 radical (unpaired) electrons. The normalized spacial score (nSPS) is 11.5. The van der Waals surface area contributed by atoms with Gasteiger partial charge >= 0.3 is 0 Å². The van der Waals surface area contributed by atoms with Gasteiger partial charge in [0.05, 0.1) is 0 Å². The molecule has 0 aliphatic rings. The molecule has 0 aliphatic carbocycles. The fraction of sp³-hybridized carbons (Fsp3) is 0.660. The zero-order valence-electron chi connectivity index (χ0n) is 36.7. The Hall–Kier alpha value is -2.48. The number of pyridine rings is 2. The van der Waals surface area contributed by atoms with Gasteiger partial charge in [-0.05, 0) is 67.0 Å². The van der Waals surface area contributed by atoms with Gasteiger partial charge in [-0.2, -0.15) is 0 Å². The molecule has 2 aromatic heterocycles. The van der Waals surface area contributed by atoms with Gasteiger partial charge in [-0.15, -0.1) is 0 Å². The second-order valence-corrected chi connectivity index (χ2v) is 17.9. The van der Waals surface area contributed by atoms with E-state index >= 15 is 0 Å². The lowest BCUT2D eigenvalue weighted by Crippen LogP contribution is -2.23. The van der Waals surface area contributed by atoms with Crippen LogP contribution >= 0.6 is 0 Å². The summed E-state index contributed by atoms with van der Waals surface area (Å²) in [4.78, 5) is 8.74. The molecule has 0 N–H and O–H groups in total. The highest BCUT2D eigenvalue weighted by Crippen LogP contribution is 2.34. The van der Waals surface area contributed by atoms with Crippen molar-refractivity contribution in [1.29, 1.82) is 0 Å². The first-order valence-electron chi connectivity index (χ1n) is 18.7. The average molecular weight is 679 g/mol. The average Bonchev–Trinajstić information content (AvgIpc) is 2.98. The minimum Gasteiger partial charge on any atom is -0.264 e. The summed E-state index contributed by atoms with van der Waals surface area (Å²) in [5.74, 6) is 0. The number of rotatable bonds is 0. The standard InChI is InChI=1S/C14H22.2C13H21N.3C2H6.CH4/c1-13(2,3)11-9-7-8-10-12(11)14(4,5)6;1-12(2,3)10-7-8-14-9-11(10)13(4,5)6;1-12(2,3)10-8-7-9-14-11(10)13(4,5)6;3*1-2;/h7-10H,1-6H3;2*7-9H,1-6H3;3*1-2H3;1H4. The largest absolute Gasteiger partial charge is 0.264 e. The molecular formula is C47H86N2. The van der Waals surface area contributed by atoms with Crippen LogP contribution in [0.5, 0.6) is 0 Å². The van der Waals surface area contributed by atoms with Gasteiger partial charge in [-0.25, -0.2) is 0 Å². The van der Waals surface area contributed by atoms with Crippen LogP contribution in [-0.4, -0.2) is 9.97 Å². The minimum absolute atomic E-state index is 0. The van der Waals surface area contributed by atoms with Crippen molar-refractivity contribution in [2.45, 2.75) is 206 Å². The van der Waals surface area contributed by atoms with Crippen LogP contribution in [0.25, 0.3) is 0 Å². The molecule has 3 aromatic rings. The lowest BCUT2D eigenvalue weighted by molar-refractivity contribution is 0.514. The Kier molecular flexibility index (Phi) is 24.3. The van der Waals surface area contributed by atoms with Crippen molar-refractivity contribution in [2.75, 3.05) is 0 Å². The van der Waals surface area contributed by atoms with E-state index in [4.69, 9.17) is 0 Å². The highest BCUT2D eigenvalue weighted by molar-refractivity contribution is 5.37. The maximum absolute atomic E-state index is 4.52. The van der Waals surface area contributed by atoms with Crippen LogP contribution in [0.2, 0.25) is 0 Å². The smallest absolute Gasteiger partial charge is 0.0494 e. The number of benzene rings is 1. The van der Waals surface area contributed by atoms with Gasteiger partial charge in [0.2, 0.25) is 0 Å². The van der Waals surface area contributed by atoms with Crippen molar-refractivity contribution in [3.63, 3.8) is 0 Å². The molecule has 0 fully saturated rings. The van der Waals surface area contributed by atoms with Gasteiger partial charge in [-0.1, -0.05) is 204 Å². The molecular weight excluding hydrogens is 593 g/mol. The third-order valence-corrected chi connectivity index (χ3v) is 7.31. The summed E-state index contributed by atoms with van der Waals surface area (Å²) in [6.07, 6.45) is 5.77. The molecule has 0 unspecified atom stereocenters. The molecule has 0 saturated carbocycles. The van der Waals surface area contributed by atoms with E-state index in [1.165, 1.54) is 33.5 Å². The minimum atomic E-state index is 0. The fourth-order valence-electron chi connectivity index (χ4n) is 5.05. The van der Waals surface area contributed by atoms with Crippen LogP contribution in [0.3, 0.4) is 0 Å². The van der Waals surface area contributed by atoms with E-state index in [-0.39, 0.29) is 39.9 Å². The summed E-state index contributed by atoms with van der Waals surface area (Å²) >= 11 is 0. The molecule has 284 valence electrons. The molecule has 0 amide bonds. The Labute approximate surface area is 309 Å². The highest BCUT2D eigenvalue weighted by atomic mass is 14.7. The number of hydrogen-bond donors (Lipinski definition) is 0. The molecule has 2 heteroatoms. The first kappa shape index (κ1) is 53.3. The van der Waals surface area contributed by atoms with Crippen LogP contribution in [0.15, 0.2) is 61.1 Å². The summed E-state index contributed by atoms with van der Waals surface area (Å²) in [6, 6.07) is 15.1. The summed E-state index contributed by atoms with van der Waals surface area (Å²) in [5, 5.41) is 0. The van der Waals surface area contributed by atoms with E-state index in [2.05, 4.69) is 171 Å².